The summed E-state index contributed by atoms with van der Waals surface area (Å²) in [7, 11) is 4.32. The number of rotatable bonds is 7. The van der Waals surface area contributed by atoms with Crippen LogP contribution in [0.2, 0.25) is 0 Å². The van der Waals surface area contributed by atoms with Crippen LogP contribution >= 0.6 is 0 Å². The maximum atomic E-state index is 12.1. The number of hydrogen-bond donors (Lipinski definition) is 3. The Morgan fingerprint density at radius 1 is 1.06 bits per heavy atom. The van der Waals surface area contributed by atoms with Gasteiger partial charge in [0.05, 0.1) is 6.20 Å². The largest absolute Gasteiger partial charge is 0.465 e. The van der Waals surface area contributed by atoms with Crippen molar-refractivity contribution in [2.45, 2.75) is 115 Å². The van der Waals surface area contributed by atoms with E-state index in [0.29, 0.717) is 24.0 Å². The van der Waals surface area contributed by atoms with Gasteiger partial charge in [0.15, 0.2) is 5.65 Å². The number of nitrogens with one attached hydrogen (secondary N) is 2. The first kappa shape index (κ1) is 26.4. The Balaban J connectivity index is 1.54. The van der Waals surface area contributed by atoms with E-state index < -0.39 is 11.6 Å². The summed E-state index contributed by atoms with van der Waals surface area (Å²) in [4.78, 5) is 25.7. The maximum absolute atomic E-state index is 12.1. The topological polar surface area (TPSA) is 111 Å². The van der Waals surface area contributed by atoms with Gasteiger partial charge in [0.25, 0.3) is 0 Å². The van der Waals surface area contributed by atoms with Gasteiger partial charge in [-0.25, -0.2) is 4.79 Å². The summed E-state index contributed by atoms with van der Waals surface area (Å²) in [6, 6.07) is 1.09. The van der Waals surface area contributed by atoms with Gasteiger partial charge in [0.2, 0.25) is 11.9 Å². The number of aromatic nitrogens is 4. The number of anilines is 2. The number of amides is 1. The van der Waals surface area contributed by atoms with Crippen LogP contribution in [-0.4, -0.2) is 84.4 Å². The van der Waals surface area contributed by atoms with E-state index >= 15 is 0 Å². The van der Waals surface area contributed by atoms with Crippen molar-refractivity contribution in [2.75, 3.05) is 24.7 Å². The Morgan fingerprint density at radius 3 is 2.39 bits per heavy atom. The third-order valence-electron chi connectivity index (χ3n) is 7.86. The van der Waals surface area contributed by atoms with E-state index in [4.69, 9.17) is 9.97 Å². The van der Waals surface area contributed by atoms with Crippen molar-refractivity contribution >= 4 is 23.6 Å². The van der Waals surface area contributed by atoms with Crippen LogP contribution in [0.1, 0.15) is 84.6 Å². The summed E-state index contributed by atoms with van der Waals surface area (Å²) in [5.74, 6) is 1.31. The molecule has 2 heterocycles. The molecule has 3 N–H and O–H groups in total. The van der Waals surface area contributed by atoms with E-state index in [2.05, 4.69) is 41.7 Å². The Labute approximate surface area is 214 Å². The Morgan fingerprint density at radius 2 is 1.78 bits per heavy atom. The second-order valence-corrected chi connectivity index (χ2v) is 11.7. The highest BCUT2D eigenvalue weighted by molar-refractivity contribution is 5.66. The van der Waals surface area contributed by atoms with Crippen LogP contribution in [0, 0.1) is 0 Å². The molecule has 0 spiro atoms. The molecular formula is C26H44N8O2. The van der Waals surface area contributed by atoms with Crippen LogP contribution < -0.4 is 10.6 Å². The third kappa shape index (κ3) is 5.85. The molecule has 2 saturated carbocycles. The zero-order chi connectivity index (χ0) is 26.0. The van der Waals surface area contributed by atoms with E-state index in [-0.39, 0.29) is 12.1 Å². The molecular weight excluding hydrogens is 456 g/mol. The first-order chi connectivity index (χ1) is 17.1. The Bertz CT molecular complexity index is 1040. The highest BCUT2D eigenvalue weighted by Gasteiger charge is 2.36. The average molecular weight is 501 g/mol. The summed E-state index contributed by atoms with van der Waals surface area (Å²) < 4.78 is 1.80. The van der Waals surface area contributed by atoms with Gasteiger partial charge in [0.1, 0.15) is 0 Å². The molecule has 2 unspecified atom stereocenters. The van der Waals surface area contributed by atoms with E-state index in [9.17, 15) is 9.90 Å². The maximum Gasteiger partial charge on any atom is 0.407 e. The third-order valence-corrected chi connectivity index (χ3v) is 7.86. The normalized spacial score (nSPS) is 25.2. The minimum Gasteiger partial charge on any atom is -0.465 e. The average Bonchev–Trinajstić information content (AvgIpc) is 3.22. The number of carbonyl (C=O) groups is 1. The molecule has 36 heavy (non-hydrogen) atoms. The Kier molecular flexibility index (Phi) is 7.92. The van der Waals surface area contributed by atoms with Gasteiger partial charge in [0, 0.05) is 35.3 Å². The van der Waals surface area contributed by atoms with Gasteiger partial charge >= 0.3 is 6.09 Å². The molecule has 10 heteroatoms. The molecule has 0 aromatic carbocycles. The van der Waals surface area contributed by atoms with Gasteiger partial charge in [-0.15, -0.1) is 0 Å². The van der Waals surface area contributed by atoms with E-state index in [0.717, 1.165) is 56.2 Å². The van der Waals surface area contributed by atoms with E-state index in [1.165, 1.54) is 12.8 Å². The monoisotopic (exact) mass is 500 g/mol. The fourth-order valence-electron chi connectivity index (χ4n) is 5.95. The number of fused-ring (bicyclic) bond motifs is 1. The van der Waals surface area contributed by atoms with Crippen molar-refractivity contribution < 1.29 is 9.90 Å². The molecule has 2 aliphatic carbocycles. The van der Waals surface area contributed by atoms with Gasteiger partial charge in [-0.3, -0.25) is 0 Å². The first-order valence-corrected chi connectivity index (χ1v) is 13.5. The van der Waals surface area contributed by atoms with Crippen LogP contribution in [0.3, 0.4) is 0 Å². The molecule has 0 radical (unpaired) electrons. The zero-order valence-corrected chi connectivity index (χ0v) is 22.8. The second kappa shape index (κ2) is 10.8. The quantitative estimate of drug-likeness (QED) is 0.511. The fraction of sp³-hybridized carbons (Fsp3) is 0.769. The van der Waals surface area contributed by atoms with Crippen LogP contribution in [-0.2, 0) is 6.42 Å². The lowest BCUT2D eigenvalue weighted by Crippen LogP contribution is -2.53. The SMILES string of the molecule is CCc1cnn2c(NC3CCCC(N(C(=O)O)C(C)(C)C)C3)nc(N[C@H]3CC[C@H](N(C)C)CC3)nc12. The molecule has 0 bridgehead atoms. The second-order valence-electron chi connectivity index (χ2n) is 11.7. The highest BCUT2D eigenvalue weighted by atomic mass is 16.4. The predicted octanol–water partition coefficient (Wildman–Crippen LogP) is 4.47. The van der Waals surface area contributed by atoms with Crippen molar-refractivity contribution in [1.29, 1.82) is 0 Å². The van der Waals surface area contributed by atoms with Crippen molar-refractivity contribution in [3.63, 3.8) is 0 Å². The van der Waals surface area contributed by atoms with E-state index in [1.807, 2.05) is 27.0 Å². The number of nitrogens with zero attached hydrogens (tertiary/aromatic N) is 6. The van der Waals surface area contributed by atoms with Crippen molar-refractivity contribution in [3.05, 3.63) is 11.8 Å². The van der Waals surface area contributed by atoms with Gasteiger partial charge in [-0.05, 0) is 92.7 Å². The van der Waals surface area contributed by atoms with Crippen molar-refractivity contribution in [2.24, 2.45) is 0 Å². The Hall–Kier alpha value is -2.62. The van der Waals surface area contributed by atoms with Crippen LogP contribution in [0.5, 0.6) is 0 Å². The summed E-state index contributed by atoms with van der Waals surface area (Å²) >= 11 is 0. The lowest BCUT2D eigenvalue weighted by molar-refractivity contribution is 0.0551. The lowest BCUT2D eigenvalue weighted by atomic mass is 9.88. The van der Waals surface area contributed by atoms with Gasteiger partial charge < -0.3 is 25.5 Å². The molecule has 2 atom stereocenters. The molecule has 200 valence electrons. The molecule has 2 aliphatic rings. The molecule has 2 fully saturated rings. The van der Waals surface area contributed by atoms with Gasteiger partial charge in [-0.1, -0.05) is 6.92 Å². The van der Waals surface area contributed by atoms with Gasteiger partial charge in [-0.2, -0.15) is 19.6 Å². The first-order valence-electron chi connectivity index (χ1n) is 13.5. The van der Waals surface area contributed by atoms with Crippen LogP contribution in [0.4, 0.5) is 16.7 Å². The molecule has 2 aromatic rings. The fourth-order valence-corrected chi connectivity index (χ4v) is 5.95. The summed E-state index contributed by atoms with van der Waals surface area (Å²) in [5, 5.41) is 21.7. The van der Waals surface area contributed by atoms with Crippen LogP contribution in [0.25, 0.3) is 5.65 Å². The minimum absolute atomic E-state index is 0.0284. The number of aryl methyl sites for hydroxylation is 1. The zero-order valence-electron chi connectivity index (χ0n) is 22.8. The lowest BCUT2D eigenvalue weighted by Gasteiger charge is -2.43. The predicted molar refractivity (Wildman–Crippen MR) is 143 cm³/mol. The molecule has 10 nitrogen and oxygen atoms in total. The molecule has 1 amide bonds. The molecule has 0 aliphatic heterocycles. The standard InChI is InChI=1S/C26H44N8O2/c1-7-17-16-27-34-22(17)30-23(28-18-11-13-20(14-12-18)32(5)6)31-24(34)29-19-9-8-10-21(15-19)33(25(35)36)26(2,3)4/h16,18-21H,7-15H2,1-6H3,(H,35,36)(H2,28,29,30,31)/t18-,19?,20-,21?. The minimum atomic E-state index is -0.854. The number of hydrogen-bond acceptors (Lipinski definition) is 7. The van der Waals surface area contributed by atoms with Crippen molar-refractivity contribution in [3.8, 4) is 0 Å². The van der Waals surface area contributed by atoms with Crippen molar-refractivity contribution in [1.82, 2.24) is 29.4 Å². The summed E-state index contributed by atoms with van der Waals surface area (Å²) in [5.41, 5.74) is 1.47. The van der Waals surface area contributed by atoms with E-state index in [1.54, 1.807) is 9.42 Å². The summed E-state index contributed by atoms with van der Waals surface area (Å²) in [6.45, 7) is 8.00. The molecule has 2 aromatic heterocycles. The number of carboxylic acid groups (broad SMARTS) is 1. The molecule has 0 saturated heterocycles. The smallest absolute Gasteiger partial charge is 0.407 e. The molecule has 4 rings (SSSR count). The highest BCUT2D eigenvalue weighted by Crippen LogP contribution is 2.31. The summed E-state index contributed by atoms with van der Waals surface area (Å²) in [6.07, 6.45) is 9.96. The van der Waals surface area contributed by atoms with Crippen LogP contribution in [0.15, 0.2) is 6.20 Å².